The fourth-order valence-corrected chi connectivity index (χ4v) is 1.79. The van der Waals surface area contributed by atoms with Gasteiger partial charge in [0.2, 0.25) is 5.82 Å². The first-order valence-electron chi connectivity index (χ1n) is 6.46. The number of nitro groups is 1. The molecule has 0 N–H and O–H groups in total. The number of hydrogen-bond acceptors (Lipinski definition) is 6. The first kappa shape index (κ1) is 15.9. The lowest BCUT2D eigenvalue weighted by molar-refractivity contribution is -0.384. The van der Waals surface area contributed by atoms with Crippen LogP contribution in [0.5, 0.6) is 0 Å². The van der Waals surface area contributed by atoms with E-state index < -0.39 is 10.9 Å². The Kier molecular flexibility index (Phi) is 5.89. The molecule has 1 heterocycles. The molecule has 0 fully saturated rings. The zero-order valence-electron chi connectivity index (χ0n) is 12.0. The van der Waals surface area contributed by atoms with E-state index >= 15 is 0 Å². The average Bonchev–Trinajstić information content (AvgIpc) is 2.45. The molecule has 7 nitrogen and oxygen atoms in total. The van der Waals surface area contributed by atoms with Crippen molar-refractivity contribution in [2.45, 2.75) is 26.2 Å². The Hall–Kier alpha value is -2.18. The van der Waals surface area contributed by atoms with Gasteiger partial charge in [0.25, 0.3) is 0 Å². The van der Waals surface area contributed by atoms with Gasteiger partial charge in [0, 0.05) is 19.7 Å². The van der Waals surface area contributed by atoms with Gasteiger partial charge in [-0.25, -0.2) is 9.78 Å². The van der Waals surface area contributed by atoms with E-state index in [1.54, 1.807) is 11.9 Å². The van der Waals surface area contributed by atoms with E-state index in [-0.39, 0.29) is 17.2 Å². The van der Waals surface area contributed by atoms with Crippen LogP contribution in [0.3, 0.4) is 0 Å². The van der Waals surface area contributed by atoms with Crippen molar-refractivity contribution in [3.8, 4) is 0 Å². The van der Waals surface area contributed by atoms with Crippen LogP contribution >= 0.6 is 0 Å². The fraction of sp³-hybridized carbons (Fsp3) is 0.538. The number of carbonyl (C=O) groups is 1. The van der Waals surface area contributed by atoms with E-state index in [9.17, 15) is 14.9 Å². The highest BCUT2D eigenvalue weighted by molar-refractivity contribution is 5.88. The number of anilines is 1. The maximum Gasteiger partial charge on any atom is 0.356 e. The topological polar surface area (TPSA) is 85.6 Å². The number of nitrogens with zero attached hydrogens (tertiary/aromatic N) is 3. The minimum absolute atomic E-state index is 0.0652. The Bertz CT molecular complexity index is 491. The molecular weight excluding hydrogens is 262 g/mol. The van der Waals surface area contributed by atoms with E-state index in [4.69, 9.17) is 0 Å². The van der Waals surface area contributed by atoms with Crippen LogP contribution in [0.4, 0.5) is 11.5 Å². The van der Waals surface area contributed by atoms with Gasteiger partial charge in [-0.2, -0.15) is 0 Å². The van der Waals surface area contributed by atoms with Crippen molar-refractivity contribution in [3.05, 3.63) is 27.9 Å². The van der Waals surface area contributed by atoms with Gasteiger partial charge in [-0.15, -0.1) is 0 Å². The second kappa shape index (κ2) is 7.42. The van der Waals surface area contributed by atoms with Gasteiger partial charge in [0.1, 0.15) is 0 Å². The number of rotatable bonds is 7. The van der Waals surface area contributed by atoms with Crippen molar-refractivity contribution in [1.82, 2.24) is 4.98 Å². The molecule has 0 radical (unpaired) electrons. The lowest BCUT2D eigenvalue weighted by Gasteiger charge is -2.18. The van der Waals surface area contributed by atoms with E-state index in [0.29, 0.717) is 6.54 Å². The summed E-state index contributed by atoms with van der Waals surface area (Å²) in [7, 11) is 2.97. The third-order valence-electron chi connectivity index (χ3n) is 2.90. The highest BCUT2D eigenvalue weighted by Gasteiger charge is 2.21. The van der Waals surface area contributed by atoms with E-state index in [1.165, 1.54) is 19.2 Å². The van der Waals surface area contributed by atoms with Gasteiger partial charge in [0.15, 0.2) is 5.69 Å². The lowest BCUT2D eigenvalue weighted by atomic mass is 10.2. The zero-order valence-corrected chi connectivity index (χ0v) is 12.0. The average molecular weight is 281 g/mol. The molecule has 0 aromatic carbocycles. The number of aromatic nitrogens is 1. The molecular formula is C13H19N3O4. The maximum absolute atomic E-state index is 11.5. The normalized spacial score (nSPS) is 10.2. The largest absolute Gasteiger partial charge is 0.464 e. The lowest BCUT2D eigenvalue weighted by Crippen LogP contribution is -2.22. The molecule has 0 aliphatic rings. The van der Waals surface area contributed by atoms with Crippen LogP contribution in [0.25, 0.3) is 0 Å². The summed E-state index contributed by atoms with van der Waals surface area (Å²) in [5, 5.41) is 11.0. The molecule has 0 aliphatic heterocycles. The van der Waals surface area contributed by atoms with Gasteiger partial charge in [-0.1, -0.05) is 19.8 Å². The molecule has 0 amide bonds. The summed E-state index contributed by atoms with van der Waals surface area (Å²) < 4.78 is 4.58. The van der Waals surface area contributed by atoms with Gasteiger partial charge in [0.05, 0.1) is 12.0 Å². The Balaban J connectivity index is 3.05. The number of methoxy groups -OCH3 is 1. The van der Waals surface area contributed by atoms with Gasteiger partial charge < -0.3 is 9.64 Å². The molecule has 110 valence electrons. The van der Waals surface area contributed by atoms with Crippen LogP contribution in [0.2, 0.25) is 0 Å². The Morgan fingerprint density at radius 1 is 1.45 bits per heavy atom. The van der Waals surface area contributed by atoms with E-state index in [0.717, 1.165) is 19.3 Å². The number of ether oxygens (including phenoxy) is 1. The second-order valence-electron chi connectivity index (χ2n) is 4.42. The Morgan fingerprint density at radius 2 is 2.15 bits per heavy atom. The van der Waals surface area contributed by atoms with Crippen LogP contribution in [0.1, 0.15) is 36.7 Å². The predicted octanol–water partition coefficient (Wildman–Crippen LogP) is 2.40. The molecule has 0 saturated carbocycles. The van der Waals surface area contributed by atoms with Crippen molar-refractivity contribution < 1.29 is 14.5 Å². The quantitative estimate of drug-likeness (QED) is 0.330. The number of esters is 1. The predicted molar refractivity (Wildman–Crippen MR) is 75.0 cm³/mol. The molecule has 0 unspecified atom stereocenters. The summed E-state index contributed by atoms with van der Waals surface area (Å²) in [6.07, 6.45) is 3.01. The summed E-state index contributed by atoms with van der Waals surface area (Å²) in [4.78, 5) is 27.7. The maximum atomic E-state index is 11.5. The van der Waals surface area contributed by atoms with Crippen molar-refractivity contribution in [2.75, 3.05) is 25.6 Å². The summed E-state index contributed by atoms with van der Waals surface area (Å²) in [6, 6.07) is 2.58. The van der Waals surface area contributed by atoms with Crippen LogP contribution in [-0.2, 0) is 4.74 Å². The monoisotopic (exact) mass is 281 g/mol. The highest BCUT2D eigenvalue weighted by Crippen LogP contribution is 2.25. The molecule has 0 aliphatic carbocycles. The standard InChI is InChI=1S/C13H19N3O4/c1-4-5-6-9-15(2)12-11(16(18)19)8-7-10(14-12)13(17)20-3/h7-8H,4-6,9H2,1-3H3. The van der Waals surface area contributed by atoms with Crippen molar-refractivity contribution in [1.29, 1.82) is 0 Å². The summed E-state index contributed by atoms with van der Waals surface area (Å²) in [5.74, 6) is -0.419. The molecule has 0 saturated heterocycles. The molecule has 1 aromatic heterocycles. The van der Waals surface area contributed by atoms with Crippen LogP contribution in [0, 0.1) is 10.1 Å². The third kappa shape index (κ3) is 3.91. The van der Waals surface area contributed by atoms with Crippen LogP contribution in [0.15, 0.2) is 12.1 Å². The van der Waals surface area contributed by atoms with Crippen molar-refractivity contribution in [2.24, 2.45) is 0 Å². The van der Waals surface area contributed by atoms with Gasteiger partial charge in [-0.3, -0.25) is 10.1 Å². The zero-order chi connectivity index (χ0) is 15.1. The minimum Gasteiger partial charge on any atom is -0.464 e. The van der Waals surface area contributed by atoms with Crippen molar-refractivity contribution in [3.63, 3.8) is 0 Å². The molecule has 0 bridgehead atoms. The Labute approximate surface area is 117 Å². The third-order valence-corrected chi connectivity index (χ3v) is 2.90. The SMILES string of the molecule is CCCCCN(C)c1nc(C(=O)OC)ccc1[N+](=O)[O-]. The first-order chi connectivity index (χ1) is 9.51. The first-order valence-corrected chi connectivity index (χ1v) is 6.46. The Morgan fingerprint density at radius 3 is 2.70 bits per heavy atom. The van der Waals surface area contributed by atoms with Crippen LogP contribution < -0.4 is 4.90 Å². The molecule has 7 heteroatoms. The number of unbranched alkanes of at least 4 members (excludes halogenated alkanes) is 2. The summed E-state index contributed by atoms with van der Waals surface area (Å²) >= 11 is 0. The smallest absolute Gasteiger partial charge is 0.356 e. The highest BCUT2D eigenvalue weighted by atomic mass is 16.6. The number of hydrogen-bond donors (Lipinski definition) is 0. The van der Waals surface area contributed by atoms with Gasteiger partial charge in [-0.05, 0) is 12.5 Å². The summed E-state index contributed by atoms with van der Waals surface area (Å²) in [6.45, 7) is 2.73. The number of carbonyl (C=O) groups excluding carboxylic acids is 1. The van der Waals surface area contributed by atoms with Crippen LogP contribution in [-0.4, -0.2) is 36.6 Å². The van der Waals surface area contributed by atoms with Gasteiger partial charge >= 0.3 is 11.7 Å². The van der Waals surface area contributed by atoms with E-state index in [2.05, 4.69) is 16.6 Å². The summed E-state index contributed by atoms with van der Waals surface area (Å²) in [5.41, 5.74) is -0.0490. The number of pyridine rings is 1. The molecule has 1 aromatic rings. The molecule has 1 rings (SSSR count). The van der Waals surface area contributed by atoms with E-state index in [1.807, 2.05) is 0 Å². The molecule has 0 atom stereocenters. The van der Waals surface area contributed by atoms with Crippen molar-refractivity contribution >= 4 is 17.5 Å². The minimum atomic E-state index is -0.608. The fourth-order valence-electron chi connectivity index (χ4n) is 1.79. The second-order valence-corrected chi connectivity index (χ2v) is 4.42. The molecule has 20 heavy (non-hydrogen) atoms. The molecule has 0 spiro atoms.